The molecule has 0 amide bonds. The van der Waals surface area contributed by atoms with Crippen molar-refractivity contribution in [3.63, 3.8) is 0 Å². The first kappa shape index (κ1) is 11.9. The van der Waals surface area contributed by atoms with Crippen molar-refractivity contribution in [2.24, 2.45) is 0 Å². The second-order valence-electron chi connectivity index (χ2n) is 4.88. The Bertz CT molecular complexity index is 562. The summed E-state index contributed by atoms with van der Waals surface area (Å²) in [5, 5.41) is 0. The second kappa shape index (κ2) is 4.84. The number of benzene rings is 1. The topological polar surface area (TPSA) is 39.2 Å². The normalized spacial score (nSPS) is 15.8. The van der Waals surface area contributed by atoms with Crippen LogP contribution < -0.4 is 0 Å². The molecular weight excluding hydrogens is 238 g/mol. The van der Waals surface area contributed by atoms with Gasteiger partial charge in [-0.25, -0.2) is 0 Å². The van der Waals surface area contributed by atoms with Crippen LogP contribution in [0.1, 0.15) is 24.0 Å². The molecule has 1 heterocycles. The van der Waals surface area contributed by atoms with E-state index in [4.69, 9.17) is 4.74 Å². The molecule has 19 heavy (non-hydrogen) atoms. The molecule has 0 spiro atoms. The fourth-order valence-corrected chi connectivity index (χ4v) is 2.27. The summed E-state index contributed by atoms with van der Waals surface area (Å²) in [5.41, 5.74) is 1.61. The molecule has 96 valence electrons. The van der Waals surface area contributed by atoms with E-state index in [1.54, 1.807) is 12.4 Å². The van der Waals surface area contributed by atoms with Gasteiger partial charge in [-0.15, -0.1) is 0 Å². The van der Waals surface area contributed by atoms with Gasteiger partial charge in [-0.1, -0.05) is 30.3 Å². The number of esters is 1. The molecule has 0 atom stereocenters. The predicted molar refractivity (Wildman–Crippen MR) is 71.4 cm³/mol. The van der Waals surface area contributed by atoms with Crippen molar-refractivity contribution < 1.29 is 9.53 Å². The number of aromatic nitrogens is 1. The van der Waals surface area contributed by atoms with Crippen molar-refractivity contribution in [1.82, 2.24) is 4.98 Å². The molecule has 0 radical (unpaired) electrons. The molecule has 1 aromatic carbocycles. The van der Waals surface area contributed by atoms with Gasteiger partial charge in [0.1, 0.15) is 6.61 Å². The molecule has 1 saturated carbocycles. The van der Waals surface area contributed by atoms with Crippen LogP contribution in [0.4, 0.5) is 0 Å². The van der Waals surface area contributed by atoms with Crippen LogP contribution in [0.5, 0.6) is 0 Å². The maximum Gasteiger partial charge on any atom is 0.316 e. The number of carbonyl (C=O) groups excluding carboxylic acids is 1. The maximum atomic E-state index is 12.3. The summed E-state index contributed by atoms with van der Waals surface area (Å²) < 4.78 is 5.45. The van der Waals surface area contributed by atoms with Crippen LogP contribution in [0.25, 0.3) is 0 Å². The number of nitrogens with zero attached hydrogens (tertiary/aromatic N) is 1. The van der Waals surface area contributed by atoms with E-state index in [-0.39, 0.29) is 5.97 Å². The van der Waals surface area contributed by atoms with Gasteiger partial charge >= 0.3 is 5.97 Å². The summed E-state index contributed by atoms with van der Waals surface area (Å²) in [5.74, 6) is -0.123. The molecule has 0 bridgehead atoms. The van der Waals surface area contributed by atoms with E-state index in [1.165, 1.54) is 0 Å². The summed E-state index contributed by atoms with van der Waals surface area (Å²) in [4.78, 5) is 16.2. The van der Waals surface area contributed by atoms with E-state index in [1.807, 2.05) is 42.5 Å². The number of carbonyl (C=O) groups is 1. The summed E-state index contributed by atoms with van der Waals surface area (Å²) >= 11 is 0. The third-order valence-electron chi connectivity index (χ3n) is 3.59. The van der Waals surface area contributed by atoms with Crippen LogP contribution >= 0.6 is 0 Å². The lowest BCUT2D eigenvalue weighted by molar-refractivity contribution is -0.148. The van der Waals surface area contributed by atoms with Crippen LogP contribution in [-0.4, -0.2) is 11.0 Å². The lowest BCUT2D eigenvalue weighted by Gasteiger charge is -2.14. The molecule has 0 unspecified atom stereocenters. The molecule has 0 aliphatic heterocycles. The summed E-state index contributed by atoms with van der Waals surface area (Å²) in [6, 6.07) is 13.6. The van der Waals surface area contributed by atoms with E-state index in [2.05, 4.69) is 4.98 Å². The van der Waals surface area contributed by atoms with Crippen molar-refractivity contribution in [1.29, 1.82) is 0 Å². The zero-order valence-corrected chi connectivity index (χ0v) is 10.6. The van der Waals surface area contributed by atoms with E-state index in [9.17, 15) is 4.79 Å². The highest BCUT2D eigenvalue weighted by Gasteiger charge is 2.52. The average molecular weight is 253 g/mol. The van der Waals surface area contributed by atoms with E-state index < -0.39 is 5.41 Å². The Kier molecular flexibility index (Phi) is 3.03. The first-order chi connectivity index (χ1) is 9.31. The van der Waals surface area contributed by atoms with Crippen molar-refractivity contribution in [2.45, 2.75) is 24.9 Å². The zero-order chi connectivity index (χ0) is 13.1. The van der Waals surface area contributed by atoms with Gasteiger partial charge in [0.25, 0.3) is 0 Å². The lowest BCUT2D eigenvalue weighted by Crippen LogP contribution is -2.23. The molecule has 1 fully saturated rings. The van der Waals surface area contributed by atoms with Gasteiger partial charge in [0.15, 0.2) is 0 Å². The highest BCUT2D eigenvalue weighted by Crippen LogP contribution is 2.49. The number of hydrogen-bond acceptors (Lipinski definition) is 3. The van der Waals surface area contributed by atoms with Gasteiger partial charge in [-0.2, -0.15) is 0 Å². The molecule has 3 nitrogen and oxygen atoms in total. The SMILES string of the molecule is O=C(OCc1ccccc1)C1(c2ccncc2)CC1. The van der Waals surface area contributed by atoms with Gasteiger partial charge in [0.05, 0.1) is 5.41 Å². The van der Waals surface area contributed by atoms with Crippen LogP contribution in [-0.2, 0) is 21.6 Å². The van der Waals surface area contributed by atoms with Crippen LogP contribution in [0.2, 0.25) is 0 Å². The lowest BCUT2D eigenvalue weighted by atomic mass is 9.97. The number of rotatable bonds is 4. The average Bonchev–Trinajstić information content (AvgIpc) is 3.28. The van der Waals surface area contributed by atoms with Crippen molar-refractivity contribution >= 4 is 5.97 Å². The molecule has 2 aromatic rings. The minimum absolute atomic E-state index is 0.123. The molecule has 1 aliphatic carbocycles. The molecule has 0 saturated heterocycles. The smallest absolute Gasteiger partial charge is 0.316 e. The van der Waals surface area contributed by atoms with Gasteiger partial charge in [-0.05, 0) is 36.1 Å². The Morgan fingerprint density at radius 1 is 1.11 bits per heavy atom. The quantitative estimate of drug-likeness (QED) is 0.786. The van der Waals surface area contributed by atoms with Gasteiger partial charge < -0.3 is 4.74 Å². The summed E-state index contributed by atoms with van der Waals surface area (Å²) in [6.07, 6.45) is 5.18. The van der Waals surface area contributed by atoms with Crippen molar-refractivity contribution in [2.75, 3.05) is 0 Å². The second-order valence-corrected chi connectivity index (χ2v) is 4.88. The number of ether oxygens (including phenoxy) is 1. The zero-order valence-electron chi connectivity index (χ0n) is 10.6. The molecule has 0 N–H and O–H groups in total. The molecule has 1 aromatic heterocycles. The Balaban J connectivity index is 1.68. The largest absolute Gasteiger partial charge is 0.460 e. The van der Waals surface area contributed by atoms with Crippen molar-refractivity contribution in [3.8, 4) is 0 Å². The van der Waals surface area contributed by atoms with E-state index in [0.717, 1.165) is 24.0 Å². The predicted octanol–water partition coefficient (Wildman–Crippen LogP) is 2.86. The molecule has 3 heteroatoms. The number of hydrogen-bond donors (Lipinski definition) is 0. The highest BCUT2D eigenvalue weighted by atomic mass is 16.5. The standard InChI is InChI=1S/C16H15NO2/c18-15(19-12-13-4-2-1-3-5-13)16(8-9-16)14-6-10-17-11-7-14/h1-7,10-11H,8-9,12H2. The third-order valence-corrected chi connectivity index (χ3v) is 3.59. The summed E-state index contributed by atoms with van der Waals surface area (Å²) in [7, 11) is 0. The number of pyridine rings is 1. The first-order valence-electron chi connectivity index (χ1n) is 6.43. The Morgan fingerprint density at radius 2 is 1.79 bits per heavy atom. The van der Waals surface area contributed by atoms with Gasteiger partial charge in [0.2, 0.25) is 0 Å². The minimum atomic E-state index is -0.419. The van der Waals surface area contributed by atoms with Crippen LogP contribution in [0, 0.1) is 0 Å². The molecule has 3 rings (SSSR count). The van der Waals surface area contributed by atoms with Gasteiger partial charge in [-0.3, -0.25) is 9.78 Å². The third kappa shape index (κ3) is 2.36. The fraction of sp³-hybridized carbons (Fsp3) is 0.250. The van der Waals surface area contributed by atoms with Crippen LogP contribution in [0.3, 0.4) is 0 Å². The van der Waals surface area contributed by atoms with Gasteiger partial charge in [0, 0.05) is 12.4 Å². The fourth-order valence-electron chi connectivity index (χ4n) is 2.27. The Labute approximate surface area is 112 Å². The Morgan fingerprint density at radius 3 is 2.42 bits per heavy atom. The van der Waals surface area contributed by atoms with E-state index >= 15 is 0 Å². The maximum absolute atomic E-state index is 12.3. The molecule has 1 aliphatic rings. The molecular formula is C16H15NO2. The Hall–Kier alpha value is -2.16. The first-order valence-corrected chi connectivity index (χ1v) is 6.43. The van der Waals surface area contributed by atoms with Crippen LogP contribution in [0.15, 0.2) is 54.9 Å². The monoisotopic (exact) mass is 253 g/mol. The minimum Gasteiger partial charge on any atom is -0.460 e. The summed E-state index contributed by atoms with van der Waals surface area (Å²) in [6.45, 7) is 0.340. The van der Waals surface area contributed by atoms with Crippen molar-refractivity contribution in [3.05, 3.63) is 66.0 Å². The highest BCUT2D eigenvalue weighted by molar-refractivity contribution is 5.86. The van der Waals surface area contributed by atoms with E-state index in [0.29, 0.717) is 6.61 Å².